The van der Waals surface area contributed by atoms with E-state index in [0.29, 0.717) is 5.16 Å². The fourth-order valence-electron chi connectivity index (χ4n) is 1.04. The molecule has 1 aromatic rings. The van der Waals surface area contributed by atoms with Crippen molar-refractivity contribution in [3.8, 4) is 0 Å². The molecule has 1 rings (SSSR count). The molecule has 0 heterocycles. The molecule has 0 unspecified atom stereocenters. The molecule has 0 aliphatic rings. The summed E-state index contributed by atoms with van der Waals surface area (Å²) in [6.45, 7) is 22.8. The summed E-state index contributed by atoms with van der Waals surface area (Å²) in [7, 11) is -0.0167. The predicted molar refractivity (Wildman–Crippen MR) is 70.5 cm³/mol. The zero-order valence-electron chi connectivity index (χ0n) is 11.5. The van der Waals surface area contributed by atoms with E-state index in [0.717, 1.165) is 0 Å². The average molecular weight is 316 g/mol. The van der Waals surface area contributed by atoms with Crippen LogP contribution in [0.15, 0.2) is 30.3 Å². The molecule has 0 aliphatic heterocycles. The van der Waals surface area contributed by atoms with Gasteiger partial charge in [-0.1, -0.05) is 59.0 Å². The Morgan fingerprint density at radius 1 is 0.842 bits per heavy atom. The minimum absolute atomic E-state index is 0. The summed E-state index contributed by atoms with van der Waals surface area (Å²) in [5.41, 5.74) is 0. The van der Waals surface area contributed by atoms with Crippen LogP contribution >= 0.6 is 7.92 Å². The van der Waals surface area contributed by atoms with Crippen molar-refractivity contribution in [1.29, 1.82) is 0 Å². The normalized spacial score (nSPS) is 9.37. The second-order valence-electron chi connectivity index (χ2n) is 4.07. The Morgan fingerprint density at radius 3 is 1.42 bits per heavy atom. The first-order valence-corrected chi connectivity index (χ1v) is 6.71. The van der Waals surface area contributed by atoms with Gasteiger partial charge in [0.25, 0.3) is 0 Å². The van der Waals surface area contributed by atoms with Crippen LogP contribution < -0.4 is 5.30 Å². The summed E-state index contributed by atoms with van der Waals surface area (Å²) < 4.78 is 22.5. The minimum atomic E-state index is -0.0167. The van der Waals surface area contributed by atoms with Crippen LogP contribution in [-0.4, -0.2) is 11.8 Å². The SMILES string of the molecule is C[P@@](c1ccccc1)C(C)(C)C.[C-]#[O+].[C-]#[O+].[C-]#[O+].[Cr]. The van der Waals surface area contributed by atoms with E-state index >= 15 is 0 Å². The predicted octanol–water partition coefficient (Wildman–Crippen LogP) is 3.11. The van der Waals surface area contributed by atoms with Crippen molar-refractivity contribution in [3.05, 3.63) is 50.3 Å². The molecule has 5 heteroatoms. The van der Waals surface area contributed by atoms with Gasteiger partial charge >= 0.3 is 33.9 Å². The smallest absolute Gasteiger partial charge is 0 e. The molecule has 0 saturated carbocycles. The molecule has 0 radical (unpaired) electrons. The Morgan fingerprint density at radius 2 is 1.16 bits per heavy atom. The molecule has 0 spiro atoms. The van der Waals surface area contributed by atoms with Gasteiger partial charge in [0.15, 0.2) is 0 Å². The molecule has 0 bridgehead atoms. The van der Waals surface area contributed by atoms with Gasteiger partial charge in [-0.25, -0.2) is 0 Å². The van der Waals surface area contributed by atoms with Crippen molar-refractivity contribution in [2.45, 2.75) is 25.9 Å². The van der Waals surface area contributed by atoms with Gasteiger partial charge in [0.2, 0.25) is 0 Å². The van der Waals surface area contributed by atoms with E-state index < -0.39 is 0 Å². The van der Waals surface area contributed by atoms with Crippen molar-refractivity contribution < 1.29 is 31.3 Å². The van der Waals surface area contributed by atoms with Gasteiger partial charge in [-0.2, -0.15) is 0 Å². The number of hydrogen-bond acceptors (Lipinski definition) is 0. The maximum absolute atomic E-state index is 7.50. The van der Waals surface area contributed by atoms with Crippen molar-refractivity contribution in [3.63, 3.8) is 0 Å². The van der Waals surface area contributed by atoms with Crippen LogP contribution in [0.5, 0.6) is 0 Å². The fourth-order valence-corrected chi connectivity index (χ4v) is 2.43. The Balaban J connectivity index is -0.000000142. The van der Waals surface area contributed by atoms with Crippen molar-refractivity contribution >= 4 is 13.2 Å². The van der Waals surface area contributed by atoms with Crippen LogP contribution in [-0.2, 0) is 31.3 Å². The van der Waals surface area contributed by atoms with E-state index in [4.69, 9.17) is 14.0 Å². The third-order valence-electron chi connectivity index (χ3n) is 2.15. The van der Waals surface area contributed by atoms with E-state index in [-0.39, 0.29) is 25.3 Å². The van der Waals surface area contributed by atoms with Crippen molar-refractivity contribution in [2.24, 2.45) is 0 Å². The van der Waals surface area contributed by atoms with Gasteiger partial charge in [-0.3, -0.25) is 0 Å². The summed E-state index contributed by atoms with van der Waals surface area (Å²) in [5.74, 6) is 0. The Bertz CT molecular complexity index is 338. The molecule has 19 heavy (non-hydrogen) atoms. The third kappa shape index (κ3) is 13.6. The summed E-state index contributed by atoms with van der Waals surface area (Å²) in [6.07, 6.45) is 0. The van der Waals surface area contributed by atoms with Gasteiger partial charge in [-0.05, 0) is 17.1 Å². The number of benzene rings is 1. The molecule has 1 atom stereocenters. The summed E-state index contributed by atoms with van der Waals surface area (Å²) >= 11 is 0. The first-order valence-electron chi connectivity index (χ1n) is 4.92. The molecule has 0 saturated heterocycles. The Kier molecular flexibility index (Phi) is 24.6. The maximum Gasteiger partial charge on any atom is 0 e. The maximum atomic E-state index is 7.50. The van der Waals surface area contributed by atoms with Crippen LogP contribution in [0.4, 0.5) is 0 Å². The largest absolute Gasteiger partial charge is 0 e. The second kappa shape index (κ2) is 17.4. The topological polar surface area (TPSA) is 59.7 Å². The zero-order chi connectivity index (χ0) is 15.2. The fraction of sp³-hybridized carbons (Fsp3) is 0.357. The molecule has 0 N–H and O–H groups in total. The van der Waals surface area contributed by atoms with Crippen LogP contribution in [0, 0.1) is 20.0 Å². The van der Waals surface area contributed by atoms with E-state index in [1.54, 1.807) is 0 Å². The quantitative estimate of drug-likeness (QED) is 0.434. The van der Waals surface area contributed by atoms with Crippen molar-refractivity contribution in [2.75, 3.05) is 6.66 Å². The monoisotopic (exact) mass is 316 g/mol. The van der Waals surface area contributed by atoms with Crippen LogP contribution in [0.1, 0.15) is 20.8 Å². The molecule has 0 aromatic heterocycles. The van der Waals surface area contributed by atoms with Crippen LogP contribution in [0.3, 0.4) is 0 Å². The molecule has 3 nitrogen and oxygen atoms in total. The average Bonchev–Trinajstić information content (AvgIpc) is 2.44. The van der Waals surface area contributed by atoms with Gasteiger partial charge < -0.3 is 0 Å². The standard InChI is InChI=1S/C11H17P.3CO.Cr/c1-11(2,3)12(4)10-8-6-5-7-9-10;3*1-2;/h5-9H,1-4H3;;;;/t12-;;;;/m0..../s1. The van der Waals surface area contributed by atoms with E-state index in [1.165, 1.54) is 5.30 Å². The van der Waals surface area contributed by atoms with Crippen molar-refractivity contribution in [1.82, 2.24) is 0 Å². The van der Waals surface area contributed by atoms with Gasteiger partial charge in [0.05, 0.1) is 0 Å². The molecule has 0 aliphatic carbocycles. The van der Waals surface area contributed by atoms with Gasteiger partial charge in [0.1, 0.15) is 0 Å². The molecular weight excluding hydrogens is 299 g/mol. The third-order valence-corrected chi connectivity index (χ3v) is 5.23. The Hall–Kier alpha value is -0.598. The molecule has 0 fully saturated rings. The summed E-state index contributed by atoms with van der Waals surface area (Å²) in [6, 6.07) is 10.8. The summed E-state index contributed by atoms with van der Waals surface area (Å²) in [4.78, 5) is 0. The molecule has 0 amide bonds. The molecule has 1 aromatic carbocycles. The number of rotatable bonds is 1. The molecule has 102 valence electrons. The first kappa shape index (κ1) is 26.9. The van der Waals surface area contributed by atoms with E-state index in [9.17, 15) is 0 Å². The van der Waals surface area contributed by atoms with Crippen LogP contribution in [0.25, 0.3) is 0 Å². The van der Waals surface area contributed by atoms with Gasteiger partial charge in [0, 0.05) is 17.4 Å². The minimum Gasteiger partial charge on any atom is 0 e. The van der Waals surface area contributed by atoms with Crippen LogP contribution in [0.2, 0.25) is 0 Å². The first-order chi connectivity index (χ1) is 8.52. The Labute approximate surface area is 127 Å². The van der Waals surface area contributed by atoms with E-state index in [2.05, 4.69) is 77.7 Å². The summed E-state index contributed by atoms with van der Waals surface area (Å²) in [5, 5.41) is 1.93. The number of hydrogen-bond donors (Lipinski definition) is 0. The second-order valence-corrected chi connectivity index (χ2v) is 7.04. The van der Waals surface area contributed by atoms with Gasteiger partial charge in [-0.15, -0.1) is 0 Å². The van der Waals surface area contributed by atoms with E-state index in [1.807, 2.05) is 0 Å². The zero-order valence-corrected chi connectivity index (χ0v) is 13.6. The molecular formula is C14H17CrO3P.